The van der Waals surface area contributed by atoms with Crippen LogP contribution >= 0.6 is 25.3 Å². The summed E-state index contributed by atoms with van der Waals surface area (Å²) in [5.74, 6) is -0.267. The number of anilines is 1. The van der Waals surface area contributed by atoms with Crippen molar-refractivity contribution in [3.05, 3.63) is 65.5 Å². The maximum absolute atomic E-state index is 13.0. The average molecular weight is 362 g/mol. The van der Waals surface area contributed by atoms with E-state index in [9.17, 15) is 9.50 Å². The van der Waals surface area contributed by atoms with Crippen molar-refractivity contribution in [1.29, 1.82) is 0 Å². The van der Waals surface area contributed by atoms with Crippen molar-refractivity contribution in [3.8, 4) is 0 Å². The summed E-state index contributed by atoms with van der Waals surface area (Å²) < 4.78 is 13.0. The Morgan fingerprint density at radius 2 is 1.33 bits per heavy atom. The Morgan fingerprint density at radius 1 is 0.875 bits per heavy atom. The number of hydrogen-bond donors (Lipinski definition) is 3. The van der Waals surface area contributed by atoms with Crippen molar-refractivity contribution in [2.75, 3.05) is 18.0 Å². The van der Waals surface area contributed by atoms with Crippen LogP contribution in [0.2, 0.25) is 0 Å². The third kappa shape index (κ3) is 3.97. The second-order valence-electron chi connectivity index (χ2n) is 5.97. The van der Waals surface area contributed by atoms with Gasteiger partial charge in [-0.2, -0.15) is 0 Å². The van der Waals surface area contributed by atoms with Crippen molar-refractivity contribution < 1.29 is 9.50 Å². The molecule has 0 unspecified atom stereocenters. The fourth-order valence-electron chi connectivity index (χ4n) is 2.84. The van der Waals surface area contributed by atoms with E-state index in [1.165, 1.54) is 12.1 Å². The van der Waals surface area contributed by atoms with Gasteiger partial charge in [-0.15, -0.1) is 25.3 Å². The SMILES string of the molecule is OC1CCN(c2ccc(C(S)=C(S)c3ccc(F)cc3)cc2)CC1. The predicted octanol–water partition coefficient (Wildman–Crippen LogP) is 4.47. The predicted molar refractivity (Wildman–Crippen MR) is 105 cm³/mol. The van der Waals surface area contributed by atoms with E-state index in [2.05, 4.69) is 42.3 Å². The van der Waals surface area contributed by atoms with Crippen LogP contribution in [0.25, 0.3) is 9.81 Å². The lowest BCUT2D eigenvalue weighted by Crippen LogP contribution is -2.35. The lowest BCUT2D eigenvalue weighted by molar-refractivity contribution is 0.145. The Bertz CT molecular complexity index is 720. The Labute approximate surface area is 152 Å². The Hall–Kier alpha value is -1.43. The van der Waals surface area contributed by atoms with Gasteiger partial charge in [-0.05, 0) is 48.2 Å². The molecule has 0 radical (unpaired) electrons. The third-order valence-corrected chi connectivity index (χ3v) is 5.45. The zero-order valence-electron chi connectivity index (χ0n) is 13.2. The van der Waals surface area contributed by atoms with Crippen molar-refractivity contribution in [2.24, 2.45) is 0 Å². The smallest absolute Gasteiger partial charge is 0.123 e. The summed E-state index contributed by atoms with van der Waals surface area (Å²) in [5.41, 5.74) is 2.95. The molecule has 0 aliphatic carbocycles. The Morgan fingerprint density at radius 3 is 1.83 bits per heavy atom. The van der Waals surface area contributed by atoms with Gasteiger partial charge in [0.25, 0.3) is 0 Å². The standard InChI is InChI=1S/C19H20FNOS2/c20-15-5-1-13(2-6-15)18(23)19(24)14-3-7-16(8-4-14)21-11-9-17(22)10-12-21/h1-8,17,22-24H,9-12H2. The normalized spacial score (nSPS) is 16.9. The first-order valence-corrected chi connectivity index (χ1v) is 8.85. The van der Waals surface area contributed by atoms with Crippen molar-refractivity contribution in [3.63, 3.8) is 0 Å². The van der Waals surface area contributed by atoms with Crippen molar-refractivity contribution in [2.45, 2.75) is 18.9 Å². The molecule has 2 aromatic rings. The summed E-state index contributed by atoms with van der Waals surface area (Å²) >= 11 is 9.13. The molecule has 0 amide bonds. The molecular formula is C19H20FNOS2. The van der Waals surface area contributed by atoms with Gasteiger partial charge in [-0.25, -0.2) is 4.39 Å². The molecule has 1 saturated heterocycles. The lowest BCUT2D eigenvalue weighted by Gasteiger charge is -2.31. The minimum atomic E-state index is -0.267. The molecule has 0 bridgehead atoms. The van der Waals surface area contributed by atoms with Crippen LogP contribution in [0.15, 0.2) is 48.5 Å². The van der Waals surface area contributed by atoms with E-state index in [1.54, 1.807) is 12.1 Å². The monoisotopic (exact) mass is 361 g/mol. The number of nitrogens with zero attached hydrogens (tertiary/aromatic N) is 1. The molecule has 0 aromatic heterocycles. The first-order valence-electron chi connectivity index (χ1n) is 7.96. The van der Waals surface area contributed by atoms with E-state index in [0.29, 0.717) is 4.91 Å². The molecule has 126 valence electrons. The topological polar surface area (TPSA) is 23.5 Å². The first kappa shape index (κ1) is 17.4. The average Bonchev–Trinajstić information content (AvgIpc) is 2.62. The van der Waals surface area contributed by atoms with Gasteiger partial charge in [-0.1, -0.05) is 24.3 Å². The number of thiol groups is 2. The van der Waals surface area contributed by atoms with E-state index < -0.39 is 0 Å². The number of rotatable bonds is 3. The van der Waals surface area contributed by atoms with Gasteiger partial charge >= 0.3 is 0 Å². The second-order valence-corrected chi connectivity index (χ2v) is 6.86. The zero-order chi connectivity index (χ0) is 17.1. The molecule has 1 aliphatic heterocycles. The molecule has 1 N–H and O–H groups in total. The maximum Gasteiger partial charge on any atom is 0.123 e. The molecule has 2 aromatic carbocycles. The number of benzene rings is 2. The second kappa shape index (κ2) is 7.64. The highest BCUT2D eigenvalue weighted by Crippen LogP contribution is 2.33. The fourth-order valence-corrected chi connectivity index (χ4v) is 3.39. The third-order valence-electron chi connectivity index (χ3n) is 4.31. The van der Waals surface area contributed by atoms with Crippen LogP contribution in [0.5, 0.6) is 0 Å². The van der Waals surface area contributed by atoms with E-state index in [4.69, 9.17) is 0 Å². The summed E-state index contributed by atoms with van der Waals surface area (Å²) in [6, 6.07) is 14.4. The zero-order valence-corrected chi connectivity index (χ0v) is 15.0. The van der Waals surface area contributed by atoms with Crippen LogP contribution < -0.4 is 4.90 Å². The fraction of sp³-hybridized carbons (Fsp3) is 0.263. The van der Waals surface area contributed by atoms with Gasteiger partial charge in [0.1, 0.15) is 5.82 Å². The van der Waals surface area contributed by atoms with Gasteiger partial charge in [0.05, 0.1) is 6.10 Å². The quantitative estimate of drug-likeness (QED) is 0.555. The molecule has 1 fully saturated rings. The highest BCUT2D eigenvalue weighted by Gasteiger charge is 2.17. The molecule has 1 aliphatic rings. The van der Waals surface area contributed by atoms with Gasteiger partial charge in [0, 0.05) is 28.6 Å². The Balaban J connectivity index is 1.79. The van der Waals surface area contributed by atoms with E-state index in [-0.39, 0.29) is 11.9 Å². The molecular weight excluding hydrogens is 341 g/mol. The summed E-state index contributed by atoms with van der Waals surface area (Å²) in [7, 11) is 0. The van der Waals surface area contributed by atoms with Gasteiger partial charge < -0.3 is 10.0 Å². The summed E-state index contributed by atoms with van der Waals surface area (Å²) in [4.78, 5) is 3.75. The number of aliphatic hydroxyl groups is 1. The van der Waals surface area contributed by atoms with Crippen LogP contribution in [-0.2, 0) is 0 Å². The summed E-state index contributed by atoms with van der Waals surface area (Å²) in [5, 5.41) is 9.60. The highest BCUT2D eigenvalue weighted by atomic mass is 32.1. The highest BCUT2D eigenvalue weighted by molar-refractivity contribution is 7.96. The minimum Gasteiger partial charge on any atom is -0.393 e. The minimum absolute atomic E-state index is 0.171. The number of hydrogen-bond acceptors (Lipinski definition) is 4. The summed E-state index contributed by atoms with van der Waals surface area (Å²) in [6.07, 6.45) is 1.45. The van der Waals surface area contributed by atoms with Gasteiger partial charge in [-0.3, -0.25) is 0 Å². The molecule has 5 heteroatoms. The van der Waals surface area contributed by atoms with Crippen LogP contribution in [0.4, 0.5) is 10.1 Å². The number of halogens is 1. The molecule has 0 spiro atoms. The molecule has 1 heterocycles. The summed E-state index contributed by atoms with van der Waals surface area (Å²) in [6.45, 7) is 1.75. The Kier molecular flexibility index (Phi) is 5.54. The van der Waals surface area contributed by atoms with Crippen LogP contribution in [0.3, 0.4) is 0 Å². The molecule has 0 atom stereocenters. The van der Waals surface area contributed by atoms with E-state index in [0.717, 1.165) is 47.7 Å². The molecule has 24 heavy (non-hydrogen) atoms. The molecule has 2 nitrogen and oxygen atoms in total. The maximum atomic E-state index is 13.0. The van der Waals surface area contributed by atoms with Gasteiger partial charge in [0.2, 0.25) is 0 Å². The van der Waals surface area contributed by atoms with Crippen LogP contribution in [0, 0.1) is 5.82 Å². The molecule has 0 saturated carbocycles. The van der Waals surface area contributed by atoms with Crippen molar-refractivity contribution >= 4 is 40.8 Å². The molecule has 3 rings (SSSR count). The van der Waals surface area contributed by atoms with E-state index in [1.807, 2.05) is 12.1 Å². The number of piperidine rings is 1. The number of aliphatic hydroxyl groups excluding tert-OH is 1. The van der Waals surface area contributed by atoms with Crippen molar-refractivity contribution in [1.82, 2.24) is 0 Å². The largest absolute Gasteiger partial charge is 0.393 e. The van der Waals surface area contributed by atoms with E-state index >= 15 is 0 Å². The van der Waals surface area contributed by atoms with Crippen LogP contribution in [-0.4, -0.2) is 24.3 Å². The van der Waals surface area contributed by atoms with Crippen LogP contribution in [0.1, 0.15) is 24.0 Å². The first-order chi connectivity index (χ1) is 11.5. The van der Waals surface area contributed by atoms with Gasteiger partial charge in [0.15, 0.2) is 0 Å². The lowest BCUT2D eigenvalue weighted by atomic mass is 10.1.